The molecule has 0 saturated heterocycles. The van der Waals surface area contributed by atoms with Crippen LogP contribution in [0, 0.1) is 0 Å². The lowest BCUT2D eigenvalue weighted by Gasteiger charge is -2.29. The van der Waals surface area contributed by atoms with Crippen molar-refractivity contribution in [1.29, 1.82) is 0 Å². The molecule has 0 saturated carbocycles. The van der Waals surface area contributed by atoms with E-state index in [0.29, 0.717) is 12.1 Å². The fourth-order valence-corrected chi connectivity index (χ4v) is 2.74. The van der Waals surface area contributed by atoms with E-state index >= 15 is 0 Å². The Kier molecular flexibility index (Phi) is 4.43. The summed E-state index contributed by atoms with van der Waals surface area (Å²) in [6, 6.07) is 7.39. The standard InChI is InChI=1S/C16H23NO/c1-4-6-12(2)17-16-8-5-7-13-9-10-14(18-3)11-15(13)16/h4,9-12,16-17H,1,5-8H2,2-3H3. The van der Waals surface area contributed by atoms with E-state index < -0.39 is 0 Å². The molecule has 2 atom stereocenters. The fraction of sp³-hybridized carbons (Fsp3) is 0.500. The highest BCUT2D eigenvalue weighted by Gasteiger charge is 2.21. The highest BCUT2D eigenvalue weighted by molar-refractivity contribution is 5.39. The molecule has 0 bridgehead atoms. The molecule has 0 spiro atoms. The van der Waals surface area contributed by atoms with Gasteiger partial charge in [-0.05, 0) is 55.9 Å². The molecule has 1 aliphatic carbocycles. The molecule has 0 aliphatic heterocycles. The number of aryl methyl sites for hydroxylation is 1. The highest BCUT2D eigenvalue weighted by atomic mass is 16.5. The molecule has 2 unspecified atom stereocenters. The maximum atomic E-state index is 5.34. The van der Waals surface area contributed by atoms with Gasteiger partial charge in [-0.2, -0.15) is 0 Å². The third-order valence-electron chi connectivity index (χ3n) is 3.67. The monoisotopic (exact) mass is 245 g/mol. The van der Waals surface area contributed by atoms with Gasteiger partial charge in [-0.25, -0.2) is 0 Å². The van der Waals surface area contributed by atoms with E-state index in [4.69, 9.17) is 4.74 Å². The lowest BCUT2D eigenvalue weighted by molar-refractivity contribution is 0.396. The maximum Gasteiger partial charge on any atom is 0.119 e. The van der Waals surface area contributed by atoms with Gasteiger partial charge in [0.15, 0.2) is 0 Å². The molecule has 0 fully saturated rings. The largest absolute Gasteiger partial charge is 0.497 e. The molecule has 0 radical (unpaired) electrons. The molecule has 2 nitrogen and oxygen atoms in total. The first-order chi connectivity index (χ1) is 8.74. The van der Waals surface area contributed by atoms with Crippen molar-refractivity contribution in [3.8, 4) is 5.75 Å². The molecule has 0 amide bonds. The first-order valence-electron chi connectivity index (χ1n) is 6.78. The predicted octanol–water partition coefficient (Wildman–Crippen LogP) is 3.63. The second-order valence-electron chi connectivity index (χ2n) is 5.10. The molecular formula is C16H23NO. The number of benzene rings is 1. The van der Waals surface area contributed by atoms with Crippen molar-refractivity contribution in [3.05, 3.63) is 42.0 Å². The van der Waals surface area contributed by atoms with Gasteiger partial charge in [-0.1, -0.05) is 12.1 Å². The molecule has 2 rings (SSSR count). The summed E-state index contributed by atoms with van der Waals surface area (Å²) in [4.78, 5) is 0. The first-order valence-corrected chi connectivity index (χ1v) is 6.78. The highest BCUT2D eigenvalue weighted by Crippen LogP contribution is 2.32. The minimum Gasteiger partial charge on any atom is -0.497 e. The second-order valence-corrected chi connectivity index (χ2v) is 5.10. The summed E-state index contributed by atoms with van der Waals surface area (Å²) < 4.78 is 5.34. The van der Waals surface area contributed by atoms with Crippen LogP contribution in [0.1, 0.15) is 43.4 Å². The summed E-state index contributed by atoms with van der Waals surface area (Å²) in [6.45, 7) is 6.02. The van der Waals surface area contributed by atoms with Crippen LogP contribution >= 0.6 is 0 Å². The zero-order valence-electron chi connectivity index (χ0n) is 11.4. The van der Waals surface area contributed by atoms with E-state index in [0.717, 1.165) is 12.2 Å². The van der Waals surface area contributed by atoms with E-state index in [1.165, 1.54) is 30.4 Å². The smallest absolute Gasteiger partial charge is 0.119 e. The lowest BCUT2D eigenvalue weighted by atomic mass is 9.87. The van der Waals surface area contributed by atoms with Gasteiger partial charge in [0.1, 0.15) is 5.75 Å². The van der Waals surface area contributed by atoms with Crippen molar-refractivity contribution in [2.24, 2.45) is 0 Å². The van der Waals surface area contributed by atoms with Crippen LogP contribution < -0.4 is 10.1 Å². The van der Waals surface area contributed by atoms with Gasteiger partial charge in [-0.3, -0.25) is 0 Å². The Hall–Kier alpha value is -1.28. The molecule has 98 valence electrons. The molecule has 1 aromatic carbocycles. The summed E-state index contributed by atoms with van der Waals surface area (Å²) >= 11 is 0. The summed E-state index contributed by atoms with van der Waals surface area (Å²) in [5.41, 5.74) is 2.88. The maximum absolute atomic E-state index is 5.34. The summed E-state index contributed by atoms with van der Waals surface area (Å²) in [7, 11) is 1.73. The van der Waals surface area contributed by atoms with Crippen molar-refractivity contribution < 1.29 is 4.74 Å². The fourth-order valence-electron chi connectivity index (χ4n) is 2.74. The Bertz CT molecular complexity index is 414. The topological polar surface area (TPSA) is 21.3 Å². The van der Waals surface area contributed by atoms with Crippen LogP contribution in [0.15, 0.2) is 30.9 Å². The van der Waals surface area contributed by atoms with E-state index in [2.05, 4.69) is 37.0 Å². The predicted molar refractivity (Wildman–Crippen MR) is 76.1 cm³/mol. The van der Waals surface area contributed by atoms with Crippen molar-refractivity contribution >= 4 is 0 Å². The average Bonchev–Trinajstić information content (AvgIpc) is 2.39. The van der Waals surface area contributed by atoms with Crippen LogP contribution in [0.2, 0.25) is 0 Å². The van der Waals surface area contributed by atoms with Crippen LogP contribution in [-0.2, 0) is 6.42 Å². The molecule has 2 heteroatoms. The number of ether oxygens (including phenoxy) is 1. The van der Waals surface area contributed by atoms with Crippen molar-refractivity contribution in [2.75, 3.05) is 7.11 Å². The summed E-state index contributed by atoms with van der Waals surface area (Å²) in [6.07, 6.45) is 6.65. The van der Waals surface area contributed by atoms with Crippen molar-refractivity contribution in [1.82, 2.24) is 5.32 Å². The molecule has 1 aromatic rings. The Morgan fingerprint density at radius 2 is 2.39 bits per heavy atom. The van der Waals surface area contributed by atoms with Gasteiger partial charge in [0, 0.05) is 12.1 Å². The third-order valence-corrected chi connectivity index (χ3v) is 3.67. The molecule has 0 aromatic heterocycles. The van der Waals surface area contributed by atoms with Crippen molar-refractivity contribution in [2.45, 2.75) is 44.7 Å². The zero-order valence-corrected chi connectivity index (χ0v) is 11.4. The number of nitrogens with one attached hydrogen (secondary N) is 1. The van der Waals surface area contributed by atoms with Gasteiger partial charge in [-0.15, -0.1) is 6.58 Å². The van der Waals surface area contributed by atoms with Crippen molar-refractivity contribution in [3.63, 3.8) is 0 Å². The Balaban J connectivity index is 2.17. The van der Waals surface area contributed by atoms with Crippen LogP contribution in [0.4, 0.5) is 0 Å². The van der Waals surface area contributed by atoms with Crippen LogP contribution in [0.3, 0.4) is 0 Å². The second kappa shape index (κ2) is 6.05. The quantitative estimate of drug-likeness (QED) is 0.800. The van der Waals surface area contributed by atoms with Gasteiger partial charge in [0.25, 0.3) is 0 Å². The minimum atomic E-state index is 0.457. The molecule has 18 heavy (non-hydrogen) atoms. The normalized spacial score (nSPS) is 20.0. The Morgan fingerprint density at radius 1 is 1.56 bits per heavy atom. The van der Waals surface area contributed by atoms with Gasteiger partial charge >= 0.3 is 0 Å². The van der Waals surface area contributed by atoms with Gasteiger partial charge < -0.3 is 10.1 Å². The minimum absolute atomic E-state index is 0.457. The van der Waals surface area contributed by atoms with E-state index in [-0.39, 0.29) is 0 Å². The Morgan fingerprint density at radius 3 is 3.11 bits per heavy atom. The molecule has 1 N–H and O–H groups in total. The van der Waals surface area contributed by atoms with E-state index in [1.54, 1.807) is 7.11 Å². The number of hydrogen-bond acceptors (Lipinski definition) is 2. The van der Waals surface area contributed by atoms with E-state index in [9.17, 15) is 0 Å². The average molecular weight is 245 g/mol. The van der Waals surface area contributed by atoms with E-state index in [1.807, 2.05) is 6.08 Å². The lowest BCUT2D eigenvalue weighted by Crippen LogP contribution is -2.32. The number of methoxy groups -OCH3 is 1. The number of hydrogen-bond donors (Lipinski definition) is 1. The van der Waals surface area contributed by atoms with Gasteiger partial charge in [0.2, 0.25) is 0 Å². The molecular weight excluding hydrogens is 222 g/mol. The Labute approximate surface area is 110 Å². The summed E-state index contributed by atoms with van der Waals surface area (Å²) in [5.74, 6) is 0.957. The first kappa shape index (κ1) is 13.2. The van der Waals surface area contributed by atoms with Crippen LogP contribution in [0.25, 0.3) is 0 Å². The van der Waals surface area contributed by atoms with Crippen LogP contribution in [0.5, 0.6) is 5.75 Å². The molecule has 0 heterocycles. The van der Waals surface area contributed by atoms with Gasteiger partial charge in [0.05, 0.1) is 7.11 Å². The molecule has 1 aliphatic rings. The zero-order chi connectivity index (χ0) is 13.0. The van der Waals surface area contributed by atoms with Crippen LogP contribution in [-0.4, -0.2) is 13.2 Å². The SMILES string of the molecule is C=CCC(C)NC1CCCc2ccc(OC)cc21. The number of rotatable bonds is 5. The third kappa shape index (κ3) is 2.94. The number of fused-ring (bicyclic) bond motifs is 1. The summed E-state index contributed by atoms with van der Waals surface area (Å²) in [5, 5.41) is 3.70.